The standard InChI is InChI=1S/C14H15N5OS2/c1-8-16-9-4-3-5-10(12(9)21-8)18(2)14-17-19-11(20)6-7-15-13(19)22-14/h6-7,10H,3-5H2,1-2H3. The molecule has 0 bridgehead atoms. The number of fused-ring (bicyclic) bond motifs is 2. The number of nitrogens with zero attached hydrogens (tertiary/aromatic N) is 5. The van der Waals surface area contributed by atoms with E-state index in [1.807, 2.05) is 7.05 Å². The van der Waals surface area contributed by atoms with Crippen LogP contribution < -0.4 is 10.5 Å². The molecule has 0 spiro atoms. The molecular formula is C14H15N5OS2. The molecule has 0 saturated heterocycles. The van der Waals surface area contributed by atoms with E-state index in [4.69, 9.17) is 0 Å². The molecule has 0 radical (unpaired) electrons. The lowest BCUT2D eigenvalue weighted by atomic mass is 9.97. The highest BCUT2D eigenvalue weighted by molar-refractivity contribution is 7.20. The van der Waals surface area contributed by atoms with E-state index < -0.39 is 0 Å². The number of hydrogen-bond donors (Lipinski definition) is 0. The average Bonchev–Trinajstić information content (AvgIpc) is 3.09. The number of anilines is 1. The molecule has 0 aliphatic heterocycles. The van der Waals surface area contributed by atoms with Gasteiger partial charge in [-0.2, -0.15) is 4.52 Å². The molecular weight excluding hydrogens is 318 g/mol. The monoisotopic (exact) mass is 333 g/mol. The van der Waals surface area contributed by atoms with Crippen molar-refractivity contribution in [1.29, 1.82) is 0 Å². The maximum Gasteiger partial charge on any atom is 0.275 e. The van der Waals surface area contributed by atoms with E-state index in [0.717, 1.165) is 29.4 Å². The molecule has 3 aromatic rings. The van der Waals surface area contributed by atoms with Crippen LogP contribution >= 0.6 is 22.7 Å². The number of thiazole rings is 1. The van der Waals surface area contributed by atoms with Gasteiger partial charge in [0.2, 0.25) is 10.1 Å². The molecule has 0 aromatic carbocycles. The van der Waals surface area contributed by atoms with Gasteiger partial charge in [0.05, 0.1) is 21.6 Å². The minimum Gasteiger partial charge on any atom is -0.342 e. The zero-order chi connectivity index (χ0) is 15.3. The van der Waals surface area contributed by atoms with Crippen LogP contribution in [0.15, 0.2) is 17.1 Å². The zero-order valence-electron chi connectivity index (χ0n) is 12.3. The van der Waals surface area contributed by atoms with Gasteiger partial charge in [-0.1, -0.05) is 11.3 Å². The first-order valence-electron chi connectivity index (χ1n) is 7.17. The molecule has 0 saturated carbocycles. The normalized spacial score (nSPS) is 17.6. The Morgan fingerprint density at radius 2 is 2.27 bits per heavy atom. The fraction of sp³-hybridized carbons (Fsp3) is 0.429. The first kappa shape index (κ1) is 13.8. The molecule has 114 valence electrons. The van der Waals surface area contributed by atoms with Crippen molar-refractivity contribution in [2.75, 3.05) is 11.9 Å². The van der Waals surface area contributed by atoms with Crippen molar-refractivity contribution in [2.24, 2.45) is 0 Å². The summed E-state index contributed by atoms with van der Waals surface area (Å²) in [6, 6.07) is 1.72. The molecule has 4 rings (SSSR count). The third-order valence-electron chi connectivity index (χ3n) is 3.96. The van der Waals surface area contributed by atoms with Crippen molar-refractivity contribution in [2.45, 2.75) is 32.2 Å². The van der Waals surface area contributed by atoms with Crippen LogP contribution in [0.5, 0.6) is 0 Å². The summed E-state index contributed by atoms with van der Waals surface area (Å²) in [5.74, 6) is 0. The molecule has 1 aliphatic rings. The summed E-state index contributed by atoms with van der Waals surface area (Å²) in [6.07, 6.45) is 4.81. The van der Waals surface area contributed by atoms with Gasteiger partial charge in [-0.05, 0) is 26.2 Å². The van der Waals surface area contributed by atoms with Gasteiger partial charge in [-0.25, -0.2) is 9.97 Å². The van der Waals surface area contributed by atoms with Crippen LogP contribution in [-0.2, 0) is 6.42 Å². The van der Waals surface area contributed by atoms with E-state index in [2.05, 4.69) is 26.9 Å². The van der Waals surface area contributed by atoms with E-state index in [0.29, 0.717) is 4.96 Å². The Balaban J connectivity index is 1.76. The van der Waals surface area contributed by atoms with E-state index in [9.17, 15) is 4.79 Å². The first-order chi connectivity index (χ1) is 10.6. The molecule has 22 heavy (non-hydrogen) atoms. The van der Waals surface area contributed by atoms with Gasteiger partial charge in [0.15, 0.2) is 0 Å². The highest BCUT2D eigenvalue weighted by Gasteiger charge is 2.28. The quantitative estimate of drug-likeness (QED) is 0.721. The smallest absolute Gasteiger partial charge is 0.275 e. The van der Waals surface area contributed by atoms with Crippen LogP contribution in [0.3, 0.4) is 0 Å². The molecule has 0 N–H and O–H groups in total. The van der Waals surface area contributed by atoms with Gasteiger partial charge in [0.25, 0.3) is 5.56 Å². The fourth-order valence-corrected chi connectivity index (χ4v) is 4.94. The molecule has 1 aliphatic carbocycles. The zero-order valence-corrected chi connectivity index (χ0v) is 13.9. The highest BCUT2D eigenvalue weighted by Crippen LogP contribution is 2.39. The lowest BCUT2D eigenvalue weighted by Crippen LogP contribution is -2.27. The topological polar surface area (TPSA) is 63.4 Å². The first-order valence-corrected chi connectivity index (χ1v) is 8.80. The molecule has 0 amide bonds. The second kappa shape index (κ2) is 5.13. The molecule has 1 atom stereocenters. The van der Waals surface area contributed by atoms with Crippen LogP contribution in [0.2, 0.25) is 0 Å². The summed E-state index contributed by atoms with van der Waals surface area (Å²) >= 11 is 3.22. The van der Waals surface area contributed by atoms with Crippen LogP contribution in [0, 0.1) is 6.92 Å². The van der Waals surface area contributed by atoms with Gasteiger partial charge >= 0.3 is 0 Å². The Kier molecular flexibility index (Phi) is 3.23. The lowest BCUT2D eigenvalue weighted by Gasteiger charge is -2.29. The summed E-state index contributed by atoms with van der Waals surface area (Å²) in [5.41, 5.74) is 1.08. The van der Waals surface area contributed by atoms with E-state index in [1.54, 1.807) is 11.3 Å². The summed E-state index contributed by atoms with van der Waals surface area (Å²) in [4.78, 5) is 24.8. The fourth-order valence-electron chi connectivity index (χ4n) is 2.90. The average molecular weight is 333 g/mol. The highest BCUT2D eigenvalue weighted by atomic mass is 32.1. The summed E-state index contributed by atoms with van der Waals surface area (Å²) in [5, 5.41) is 6.37. The van der Waals surface area contributed by atoms with Gasteiger partial charge in [-0.3, -0.25) is 4.79 Å². The van der Waals surface area contributed by atoms with Crippen molar-refractivity contribution in [3.05, 3.63) is 38.2 Å². The van der Waals surface area contributed by atoms with Crippen molar-refractivity contribution >= 4 is 32.8 Å². The van der Waals surface area contributed by atoms with Crippen LogP contribution in [0.4, 0.5) is 5.13 Å². The van der Waals surface area contributed by atoms with E-state index in [1.165, 1.54) is 38.7 Å². The second-order valence-corrected chi connectivity index (χ2v) is 7.59. The predicted octanol–water partition coefficient (Wildman–Crippen LogP) is 2.43. The molecule has 0 fully saturated rings. The summed E-state index contributed by atoms with van der Waals surface area (Å²) in [7, 11) is 2.04. The maximum atomic E-state index is 11.8. The summed E-state index contributed by atoms with van der Waals surface area (Å²) < 4.78 is 1.37. The molecule has 3 heterocycles. The molecule has 6 nitrogen and oxygen atoms in total. The predicted molar refractivity (Wildman–Crippen MR) is 88.1 cm³/mol. The molecule has 1 unspecified atom stereocenters. The van der Waals surface area contributed by atoms with Crippen molar-refractivity contribution in [3.8, 4) is 0 Å². The second-order valence-electron chi connectivity index (χ2n) is 5.42. The lowest BCUT2D eigenvalue weighted by molar-refractivity contribution is 0.546. The Labute approximate surface area is 135 Å². The Hall–Kier alpha value is -1.80. The molecule has 8 heteroatoms. The number of rotatable bonds is 2. The minimum absolute atomic E-state index is 0.140. The van der Waals surface area contributed by atoms with Gasteiger partial charge in [0, 0.05) is 19.3 Å². The van der Waals surface area contributed by atoms with Gasteiger partial charge in [-0.15, -0.1) is 16.4 Å². The number of aromatic nitrogens is 4. The van der Waals surface area contributed by atoms with E-state index in [-0.39, 0.29) is 11.6 Å². The Bertz CT molecular complexity index is 896. The third-order valence-corrected chi connectivity index (χ3v) is 6.09. The Morgan fingerprint density at radius 3 is 3.09 bits per heavy atom. The van der Waals surface area contributed by atoms with Crippen molar-refractivity contribution in [3.63, 3.8) is 0 Å². The van der Waals surface area contributed by atoms with Crippen LogP contribution in [0.1, 0.15) is 34.5 Å². The molecule has 3 aromatic heterocycles. The maximum absolute atomic E-state index is 11.8. The third kappa shape index (κ3) is 2.14. The Morgan fingerprint density at radius 1 is 1.41 bits per heavy atom. The number of hydrogen-bond acceptors (Lipinski definition) is 7. The minimum atomic E-state index is -0.140. The SMILES string of the molecule is Cc1nc2c(s1)C(N(C)c1nn3c(=O)ccnc3s1)CCC2. The van der Waals surface area contributed by atoms with Crippen LogP contribution in [0.25, 0.3) is 4.96 Å². The van der Waals surface area contributed by atoms with Gasteiger partial charge in [0.1, 0.15) is 0 Å². The van der Waals surface area contributed by atoms with E-state index >= 15 is 0 Å². The summed E-state index contributed by atoms with van der Waals surface area (Å²) in [6.45, 7) is 2.06. The van der Waals surface area contributed by atoms with Gasteiger partial charge < -0.3 is 4.90 Å². The number of aryl methyl sites for hydroxylation is 2. The van der Waals surface area contributed by atoms with Crippen molar-refractivity contribution in [1.82, 2.24) is 19.6 Å². The largest absolute Gasteiger partial charge is 0.342 e. The van der Waals surface area contributed by atoms with Crippen LogP contribution in [-0.4, -0.2) is 26.6 Å². The van der Waals surface area contributed by atoms with Crippen molar-refractivity contribution < 1.29 is 0 Å².